The summed E-state index contributed by atoms with van der Waals surface area (Å²) in [6.07, 6.45) is 2.08. The van der Waals surface area contributed by atoms with Crippen molar-refractivity contribution in [2.75, 3.05) is 30.1 Å². The van der Waals surface area contributed by atoms with Crippen molar-refractivity contribution in [1.29, 1.82) is 0 Å². The van der Waals surface area contributed by atoms with Crippen LogP contribution < -0.4 is 19.7 Å². The number of fused-ring (bicyclic) bond motifs is 2. The van der Waals surface area contributed by atoms with Gasteiger partial charge in [-0.2, -0.15) is 0 Å². The molecule has 10 heteroatoms. The van der Waals surface area contributed by atoms with E-state index >= 15 is 4.79 Å². The minimum absolute atomic E-state index is 0.0362. The number of ether oxygens (including phenoxy) is 2. The first kappa shape index (κ1) is 35.6. The summed E-state index contributed by atoms with van der Waals surface area (Å²) in [5.74, 6) is 0.372. The molecule has 2 fully saturated rings. The van der Waals surface area contributed by atoms with Gasteiger partial charge in [0.05, 0.1) is 52.6 Å². The molecule has 0 unspecified atom stereocenters. The first-order valence-corrected chi connectivity index (χ1v) is 21.2. The van der Waals surface area contributed by atoms with Crippen LogP contribution in [0.5, 0.6) is 5.75 Å². The van der Waals surface area contributed by atoms with Gasteiger partial charge in [-0.1, -0.05) is 85.9 Å². The Morgan fingerprint density at radius 1 is 0.981 bits per heavy atom. The number of aliphatic hydroxyl groups excluding tert-OH is 1. The minimum Gasteiger partial charge on any atom is -0.497 e. The number of hydrogen-bond acceptors (Lipinski definition) is 6. The van der Waals surface area contributed by atoms with E-state index in [1.165, 1.54) is 5.19 Å². The van der Waals surface area contributed by atoms with Crippen LogP contribution in [-0.2, 0) is 31.3 Å². The van der Waals surface area contributed by atoms with Crippen LogP contribution in [0.2, 0.25) is 18.6 Å². The van der Waals surface area contributed by atoms with Crippen LogP contribution in [0.15, 0.2) is 103 Å². The molecular formula is C42H47N3O6Si. The Balaban J connectivity index is 1.23. The van der Waals surface area contributed by atoms with Gasteiger partial charge in [0.2, 0.25) is 12.3 Å². The molecule has 3 aliphatic rings. The van der Waals surface area contributed by atoms with Crippen molar-refractivity contribution in [3.05, 3.63) is 114 Å². The summed E-state index contributed by atoms with van der Waals surface area (Å²) >= 11 is 0. The van der Waals surface area contributed by atoms with Crippen LogP contribution >= 0.6 is 0 Å². The quantitative estimate of drug-likeness (QED) is 0.148. The lowest BCUT2D eigenvalue weighted by molar-refractivity contribution is -0.150. The number of para-hydroxylation sites is 2. The maximum Gasteiger partial charge on any atom is 0.264 e. The molecule has 52 heavy (non-hydrogen) atoms. The van der Waals surface area contributed by atoms with Crippen LogP contribution in [0.25, 0.3) is 0 Å². The second kappa shape index (κ2) is 14.3. The molecule has 4 aromatic carbocycles. The van der Waals surface area contributed by atoms with Gasteiger partial charge in [-0.3, -0.25) is 19.3 Å². The van der Waals surface area contributed by atoms with Gasteiger partial charge in [0.1, 0.15) is 5.75 Å². The fraction of sp³-hybridized carbons (Fsp3) is 0.357. The van der Waals surface area contributed by atoms with Crippen molar-refractivity contribution in [3.63, 3.8) is 0 Å². The Bertz CT molecular complexity index is 1920. The average molecular weight is 718 g/mol. The zero-order valence-corrected chi connectivity index (χ0v) is 31.3. The van der Waals surface area contributed by atoms with E-state index in [9.17, 15) is 14.7 Å². The van der Waals surface area contributed by atoms with Crippen LogP contribution in [0, 0.1) is 5.92 Å². The van der Waals surface area contributed by atoms with Crippen molar-refractivity contribution in [2.24, 2.45) is 5.92 Å². The Kier molecular flexibility index (Phi) is 9.82. The summed E-state index contributed by atoms with van der Waals surface area (Å²) in [4.78, 5) is 46.4. The second-order valence-corrected chi connectivity index (χ2v) is 19.5. The summed E-state index contributed by atoms with van der Waals surface area (Å²) in [6, 6.07) is 33.0. The molecular weight excluding hydrogens is 671 g/mol. The highest BCUT2D eigenvalue weighted by molar-refractivity contribution is 6.91. The molecule has 3 amide bonds. The van der Waals surface area contributed by atoms with Gasteiger partial charge in [-0.25, -0.2) is 0 Å². The first-order valence-electron chi connectivity index (χ1n) is 18.2. The van der Waals surface area contributed by atoms with Crippen molar-refractivity contribution in [1.82, 2.24) is 4.90 Å². The number of likely N-dealkylation sites (tertiary alicyclic amines) is 1. The van der Waals surface area contributed by atoms with Crippen LogP contribution in [-0.4, -0.2) is 68.7 Å². The smallest absolute Gasteiger partial charge is 0.264 e. The lowest BCUT2D eigenvalue weighted by atomic mass is 9.82. The van der Waals surface area contributed by atoms with Crippen molar-refractivity contribution < 1.29 is 29.0 Å². The number of rotatable bonds is 11. The van der Waals surface area contributed by atoms with E-state index in [2.05, 4.69) is 32.2 Å². The Morgan fingerprint density at radius 2 is 1.65 bits per heavy atom. The summed E-state index contributed by atoms with van der Waals surface area (Å²) in [5.41, 5.74) is 2.68. The monoisotopic (exact) mass is 717 g/mol. The highest BCUT2D eigenvalue weighted by Crippen LogP contribution is 2.60. The molecule has 7 rings (SSSR count). The van der Waals surface area contributed by atoms with Gasteiger partial charge in [-0.15, -0.1) is 0 Å². The molecule has 0 aliphatic carbocycles. The van der Waals surface area contributed by atoms with Crippen molar-refractivity contribution in [2.45, 2.75) is 69.1 Å². The number of carbonyl (C=O) groups is 3. The molecule has 0 saturated carbocycles. The number of anilines is 3. The summed E-state index contributed by atoms with van der Waals surface area (Å²) in [7, 11) is -0.779. The van der Waals surface area contributed by atoms with E-state index in [1.54, 1.807) is 12.0 Å². The second-order valence-electron chi connectivity index (χ2n) is 14.8. The molecule has 9 nitrogen and oxygen atoms in total. The number of carbonyl (C=O) groups excluding carboxylic acids is 3. The summed E-state index contributed by atoms with van der Waals surface area (Å²) < 4.78 is 12.6. The molecule has 270 valence electrons. The van der Waals surface area contributed by atoms with Crippen molar-refractivity contribution in [3.8, 4) is 5.75 Å². The van der Waals surface area contributed by atoms with E-state index in [0.29, 0.717) is 13.1 Å². The highest BCUT2D eigenvalue weighted by Gasteiger charge is 2.66. The molecule has 1 spiro atoms. The largest absolute Gasteiger partial charge is 0.497 e. The molecule has 4 aromatic rings. The van der Waals surface area contributed by atoms with Crippen LogP contribution in [0.3, 0.4) is 0 Å². The SMILES string of the molecule is COc1ccc([Si](C)(C)[C@H]2[C@H](CC(=O)N3CCC[C@H]3CO)O[C@@]3(C(=O)N(Cc4ccc(N(C=O)c5ccccc5)cc4)c4ccccc43)[C@@H]2C)cc1. The molecule has 1 N–H and O–H groups in total. The number of hydrogen-bond donors (Lipinski definition) is 1. The first-order chi connectivity index (χ1) is 25.1. The number of benzene rings is 4. The van der Waals surface area contributed by atoms with Gasteiger partial charge in [-0.05, 0) is 66.4 Å². The lowest BCUT2D eigenvalue weighted by Crippen LogP contribution is -2.52. The van der Waals surface area contributed by atoms with Crippen LogP contribution in [0.1, 0.15) is 37.3 Å². The highest BCUT2D eigenvalue weighted by atomic mass is 28.3. The molecule has 2 saturated heterocycles. The van der Waals surface area contributed by atoms with Gasteiger partial charge in [0.15, 0.2) is 5.60 Å². The summed E-state index contributed by atoms with van der Waals surface area (Å²) in [5, 5.41) is 11.2. The normalized spacial score (nSPS) is 24.0. The van der Waals surface area contributed by atoms with Gasteiger partial charge >= 0.3 is 0 Å². The predicted octanol–water partition coefficient (Wildman–Crippen LogP) is 6.13. The lowest BCUT2D eigenvalue weighted by Gasteiger charge is -2.37. The fourth-order valence-electron chi connectivity index (χ4n) is 9.07. The Morgan fingerprint density at radius 3 is 2.33 bits per heavy atom. The molecule has 0 bridgehead atoms. The van der Waals surface area contributed by atoms with E-state index < -0.39 is 19.8 Å². The minimum atomic E-state index is -2.43. The number of amides is 3. The number of aliphatic hydroxyl groups is 1. The molecule has 0 aromatic heterocycles. The predicted molar refractivity (Wildman–Crippen MR) is 205 cm³/mol. The van der Waals surface area contributed by atoms with E-state index in [1.807, 2.05) is 101 Å². The van der Waals surface area contributed by atoms with E-state index in [0.717, 1.165) is 53.2 Å². The summed E-state index contributed by atoms with van der Waals surface area (Å²) in [6.45, 7) is 7.63. The molecule has 0 radical (unpaired) electrons. The maximum atomic E-state index is 15.1. The van der Waals surface area contributed by atoms with E-state index in [-0.39, 0.29) is 42.3 Å². The third kappa shape index (κ3) is 6.02. The van der Waals surface area contributed by atoms with Crippen LogP contribution in [0.4, 0.5) is 17.1 Å². The molecule has 3 aliphatic heterocycles. The van der Waals surface area contributed by atoms with Gasteiger partial charge < -0.3 is 24.4 Å². The number of methoxy groups -OCH3 is 1. The standard InChI is InChI=1S/C42H47N3O6Si/c1-29-40(52(3,4)35-22-20-34(50-2)21-23-35)38(25-39(48)43-24-10-13-33(43)27-46)51-42(29)36-14-8-9-15-37(36)44(41(42)49)26-30-16-18-32(19-17-30)45(28-47)31-11-6-5-7-12-31/h5-9,11-12,14-23,28-29,33,38,40,46H,10,13,24-27H2,1-4H3/t29-,33+,38+,40-,42+/m1/s1. The zero-order valence-electron chi connectivity index (χ0n) is 30.3. The molecule has 3 heterocycles. The Hall–Kier alpha value is -4.77. The third-order valence-corrected chi connectivity index (χ3v) is 16.1. The number of nitrogens with zero attached hydrogens (tertiary/aromatic N) is 3. The fourth-order valence-corrected chi connectivity index (χ4v) is 13.1. The Labute approximate surface area is 306 Å². The van der Waals surface area contributed by atoms with Gasteiger partial charge in [0, 0.05) is 29.4 Å². The average Bonchev–Trinajstić information content (AvgIpc) is 3.83. The zero-order chi connectivity index (χ0) is 36.6. The van der Waals surface area contributed by atoms with E-state index in [4.69, 9.17) is 9.47 Å². The topological polar surface area (TPSA) is 99.6 Å². The van der Waals surface area contributed by atoms with Crippen molar-refractivity contribution >= 4 is 48.5 Å². The molecule has 5 atom stereocenters. The van der Waals surface area contributed by atoms with Gasteiger partial charge in [0.25, 0.3) is 5.91 Å². The third-order valence-electron chi connectivity index (χ3n) is 11.7. The maximum absolute atomic E-state index is 15.1.